The van der Waals surface area contributed by atoms with Crippen LogP contribution in [0.2, 0.25) is 5.02 Å². The van der Waals surface area contributed by atoms with Crippen molar-refractivity contribution in [1.29, 1.82) is 0 Å². The largest absolute Gasteiger partial charge is 0.392 e. The zero-order chi connectivity index (χ0) is 30.0. The van der Waals surface area contributed by atoms with E-state index >= 15 is 0 Å². The molecule has 0 amide bonds. The number of halogens is 1. The van der Waals surface area contributed by atoms with Gasteiger partial charge in [-0.05, 0) is 49.4 Å². The Kier molecular flexibility index (Phi) is 8.60. The second kappa shape index (κ2) is 12.2. The van der Waals surface area contributed by atoms with Gasteiger partial charge in [-0.3, -0.25) is 19.3 Å². The van der Waals surface area contributed by atoms with Crippen LogP contribution in [-0.2, 0) is 19.6 Å². The molecule has 2 aromatic heterocycles. The van der Waals surface area contributed by atoms with Gasteiger partial charge in [-0.25, -0.2) is 4.98 Å². The normalized spacial score (nSPS) is 15.7. The highest BCUT2D eigenvalue weighted by Crippen LogP contribution is 2.32. The fraction of sp³-hybridized carbons (Fsp3) is 0.355. The first-order valence-corrected chi connectivity index (χ1v) is 14.3. The lowest BCUT2D eigenvalue weighted by Gasteiger charge is -2.38. The number of nitrogens with zero attached hydrogens (tertiary/aromatic N) is 5. The van der Waals surface area contributed by atoms with E-state index in [9.17, 15) is 9.90 Å². The number of benzene rings is 2. The van der Waals surface area contributed by atoms with E-state index in [0.717, 1.165) is 39.3 Å². The molecule has 3 heterocycles. The van der Waals surface area contributed by atoms with E-state index in [1.807, 2.05) is 56.3 Å². The molecule has 0 spiro atoms. The molecule has 0 radical (unpaired) electrons. The van der Waals surface area contributed by atoms with E-state index in [1.165, 1.54) is 10.9 Å². The van der Waals surface area contributed by atoms with Crippen molar-refractivity contribution in [2.24, 2.45) is 10.7 Å². The van der Waals surface area contributed by atoms with Crippen LogP contribution in [0.4, 0.5) is 5.69 Å². The van der Waals surface area contributed by atoms with Crippen LogP contribution < -0.4 is 17.0 Å². The van der Waals surface area contributed by atoms with Gasteiger partial charge in [0.2, 0.25) is 0 Å². The van der Waals surface area contributed by atoms with Gasteiger partial charge in [-0.15, -0.1) is 0 Å². The molecule has 1 saturated heterocycles. The van der Waals surface area contributed by atoms with Crippen molar-refractivity contribution in [2.45, 2.75) is 51.9 Å². The molecule has 42 heavy (non-hydrogen) atoms. The van der Waals surface area contributed by atoms with E-state index in [0.29, 0.717) is 55.4 Å². The molecular weight excluding hydrogens is 554 g/mol. The van der Waals surface area contributed by atoms with Gasteiger partial charge in [-0.2, -0.15) is 0 Å². The van der Waals surface area contributed by atoms with E-state index in [1.54, 1.807) is 7.05 Å². The number of hydrogen-bond acceptors (Lipinski definition) is 9. The maximum atomic E-state index is 13.2. The van der Waals surface area contributed by atoms with Crippen LogP contribution in [0.25, 0.3) is 11.1 Å². The van der Waals surface area contributed by atoms with Crippen LogP contribution in [0.15, 0.2) is 63.1 Å². The summed E-state index contributed by atoms with van der Waals surface area (Å²) in [5, 5.41) is 16.1. The Hall–Kier alpha value is -3.83. The standard InChI is InChI=1S/C31H36ClN7O3/c1-19-26(20(2)42-37-19)23-8-9-24(25(32)14-23)16-38-12-10-31(41,11-13-38)17-39-18-36-29(27(34)30(39)40)28(35-3)22-6-4-21(15-33)5-7-22/h4-9,14,18,41H,10-13,15-17,33-34H2,1-3H3. The molecule has 0 aliphatic carbocycles. The molecule has 1 aliphatic heterocycles. The number of aryl methyl sites for hydroxylation is 2. The summed E-state index contributed by atoms with van der Waals surface area (Å²) in [6, 6.07) is 13.6. The SMILES string of the molecule is CN=C(c1ccc(CN)cc1)c1ncn(CC2(O)CCN(Cc3ccc(-c4c(C)noc4C)cc3Cl)CC2)c(=O)c1N. The maximum Gasteiger partial charge on any atom is 0.277 e. The molecule has 1 aliphatic rings. The Morgan fingerprint density at radius 3 is 2.48 bits per heavy atom. The minimum Gasteiger partial charge on any atom is -0.392 e. The molecule has 10 nitrogen and oxygen atoms in total. The highest BCUT2D eigenvalue weighted by molar-refractivity contribution is 6.31. The number of rotatable bonds is 8. The maximum absolute atomic E-state index is 13.2. The van der Waals surface area contributed by atoms with Crippen LogP contribution in [-0.4, -0.2) is 56.2 Å². The summed E-state index contributed by atoms with van der Waals surface area (Å²) in [5.74, 6) is 0.758. The van der Waals surface area contributed by atoms with Gasteiger partial charge in [0.05, 0.1) is 29.9 Å². The summed E-state index contributed by atoms with van der Waals surface area (Å²) in [7, 11) is 1.63. The van der Waals surface area contributed by atoms with Crippen LogP contribution in [0.5, 0.6) is 0 Å². The smallest absolute Gasteiger partial charge is 0.277 e. The van der Waals surface area contributed by atoms with Crippen molar-refractivity contribution in [1.82, 2.24) is 19.6 Å². The quantitative estimate of drug-likeness (QED) is 0.263. The number of anilines is 1. The first kappa shape index (κ1) is 29.7. The molecule has 2 aromatic carbocycles. The van der Waals surface area contributed by atoms with Gasteiger partial charge in [0.1, 0.15) is 17.1 Å². The van der Waals surface area contributed by atoms with Crippen molar-refractivity contribution in [3.8, 4) is 11.1 Å². The van der Waals surface area contributed by atoms with Crippen LogP contribution in [0.3, 0.4) is 0 Å². The monoisotopic (exact) mass is 589 g/mol. The average Bonchev–Trinajstić information content (AvgIpc) is 3.33. The lowest BCUT2D eigenvalue weighted by Crippen LogP contribution is -2.48. The van der Waals surface area contributed by atoms with Crippen LogP contribution in [0.1, 0.15) is 46.7 Å². The van der Waals surface area contributed by atoms with Crippen LogP contribution >= 0.6 is 11.6 Å². The zero-order valence-corrected chi connectivity index (χ0v) is 24.9. The molecule has 0 unspecified atom stereocenters. The molecule has 5 N–H and O–H groups in total. The summed E-state index contributed by atoms with van der Waals surface area (Å²) >= 11 is 6.67. The first-order chi connectivity index (χ1) is 20.1. The Morgan fingerprint density at radius 1 is 1.17 bits per heavy atom. The van der Waals surface area contributed by atoms with Gasteiger partial charge in [0.25, 0.3) is 5.56 Å². The summed E-state index contributed by atoms with van der Waals surface area (Å²) in [4.78, 5) is 24.3. The zero-order valence-electron chi connectivity index (χ0n) is 24.1. The third-order valence-corrected chi connectivity index (χ3v) is 8.36. The van der Waals surface area contributed by atoms with Crippen LogP contribution in [0, 0.1) is 13.8 Å². The van der Waals surface area contributed by atoms with Gasteiger partial charge in [0.15, 0.2) is 0 Å². The number of aliphatic imine (C=N–C) groups is 1. The third kappa shape index (κ3) is 6.03. The summed E-state index contributed by atoms with van der Waals surface area (Å²) in [6.45, 7) is 6.30. The van der Waals surface area contributed by atoms with E-state index in [4.69, 9.17) is 27.6 Å². The van der Waals surface area contributed by atoms with Crippen molar-refractivity contribution >= 4 is 23.0 Å². The molecule has 220 valence electrons. The Bertz CT molecular complexity index is 1650. The number of hydrogen-bond donors (Lipinski definition) is 3. The predicted octanol–water partition coefficient (Wildman–Crippen LogP) is 3.70. The summed E-state index contributed by atoms with van der Waals surface area (Å²) < 4.78 is 6.69. The molecule has 0 saturated carbocycles. The minimum absolute atomic E-state index is 0.00304. The lowest BCUT2D eigenvalue weighted by molar-refractivity contribution is -0.0365. The number of aliphatic hydroxyl groups is 1. The molecule has 5 rings (SSSR count). The Balaban J connectivity index is 1.24. The molecule has 0 bridgehead atoms. The fourth-order valence-electron chi connectivity index (χ4n) is 5.55. The van der Waals surface area contributed by atoms with Gasteiger partial charge in [0, 0.05) is 49.4 Å². The van der Waals surface area contributed by atoms with E-state index in [-0.39, 0.29) is 12.2 Å². The highest BCUT2D eigenvalue weighted by Gasteiger charge is 2.33. The Labute approximate surface area is 249 Å². The predicted molar refractivity (Wildman–Crippen MR) is 165 cm³/mol. The second-order valence-electron chi connectivity index (χ2n) is 10.9. The highest BCUT2D eigenvalue weighted by atomic mass is 35.5. The minimum atomic E-state index is -1.06. The van der Waals surface area contributed by atoms with Crippen molar-refractivity contribution in [3.63, 3.8) is 0 Å². The summed E-state index contributed by atoms with van der Waals surface area (Å²) in [5.41, 5.74) is 16.9. The molecule has 0 atom stereocenters. The first-order valence-electron chi connectivity index (χ1n) is 13.9. The number of aromatic nitrogens is 3. The summed E-state index contributed by atoms with van der Waals surface area (Å²) in [6.07, 6.45) is 2.42. The number of nitrogen functional groups attached to an aromatic ring is 1. The molecular formula is C31H36ClN7O3. The average molecular weight is 590 g/mol. The number of likely N-dealkylation sites (tertiary alicyclic amines) is 1. The van der Waals surface area contributed by atoms with E-state index < -0.39 is 11.2 Å². The van der Waals surface area contributed by atoms with Gasteiger partial charge in [-0.1, -0.05) is 53.2 Å². The topological polar surface area (TPSA) is 149 Å². The molecule has 11 heteroatoms. The van der Waals surface area contributed by atoms with Gasteiger partial charge < -0.3 is 21.1 Å². The van der Waals surface area contributed by atoms with Crippen molar-refractivity contribution in [3.05, 3.63) is 98.0 Å². The third-order valence-electron chi connectivity index (χ3n) is 8.00. The number of nitrogens with two attached hydrogens (primary N) is 2. The Morgan fingerprint density at radius 2 is 1.88 bits per heavy atom. The van der Waals surface area contributed by atoms with Gasteiger partial charge >= 0.3 is 0 Å². The van der Waals surface area contributed by atoms with Crippen molar-refractivity contribution < 1.29 is 9.63 Å². The second-order valence-corrected chi connectivity index (χ2v) is 11.3. The lowest BCUT2D eigenvalue weighted by atomic mass is 9.91. The molecule has 1 fully saturated rings. The fourth-order valence-corrected chi connectivity index (χ4v) is 5.79. The van der Waals surface area contributed by atoms with E-state index in [2.05, 4.69) is 20.0 Å². The van der Waals surface area contributed by atoms with Crippen molar-refractivity contribution in [2.75, 3.05) is 25.9 Å². The number of piperidine rings is 1. The molecule has 4 aromatic rings.